The van der Waals surface area contributed by atoms with E-state index >= 15 is 0 Å². The van der Waals surface area contributed by atoms with Crippen molar-refractivity contribution in [2.45, 2.75) is 64.6 Å². The average molecular weight is 240 g/mol. The first-order valence-electron chi connectivity index (χ1n) is 6.54. The second-order valence-corrected chi connectivity index (χ2v) is 5.00. The molecule has 2 fully saturated rings. The van der Waals surface area contributed by atoms with Crippen LogP contribution in [0.1, 0.15) is 52.4 Å². The molecule has 4 heteroatoms. The molecule has 0 aromatic carbocycles. The lowest BCUT2D eigenvalue weighted by molar-refractivity contribution is -0.174. The topological polar surface area (TPSA) is 52.6 Å². The van der Waals surface area contributed by atoms with Gasteiger partial charge in [0.05, 0.1) is 0 Å². The highest BCUT2D eigenvalue weighted by Gasteiger charge is 2.49. The quantitative estimate of drug-likeness (QED) is 0.527. The van der Waals surface area contributed by atoms with Crippen molar-refractivity contribution in [1.82, 2.24) is 0 Å². The highest BCUT2D eigenvalue weighted by atomic mass is 16.6. The predicted molar refractivity (Wildman–Crippen MR) is 61.2 cm³/mol. The molecule has 2 saturated carbocycles. The summed E-state index contributed by atoms with van der Waals surface area (Å²) >= 11 is 0. The van der Waals surface area contributed by atoms with Gasteiger partial charge < -0.3 is 9.47 Å². The Kier molecular flexibility index (Phi) is 3.40. The van der Waals surface area contributed by atoms with Gasteiger partial charge in [-0.25, -0.2) is 0 Å². The molecule has 0 unspecified atom stereocenters. The Morgan fingerprint density at radius 1 is 0.941 bits per heavy atom. The summed E-state index contributed by atoms with van der Waals surface area (Å²) in [6, 6.07) is 0. The van der Waals surface area contributed by atoms with Crippen LogP contribution in [-0.2, 0) is 19.1 Å². The van der Waals surface area contributed by atoms with Gasteiger partial charge >= 0.3 is 11.9 Å². The van der Waals surface area contributed by atoms with Crippen molar-refractivity contribution in [3.8, 4) is 0 Å². The fourth-order valence-corrected chi connectivity index (χ4v) is 1.81. The molecule has 2 aliphatic carbocycles. The van der Waals surface area contributed by atoms with Crippen molar-refractivity contribution in [3.05, 3.63) is 0 Å². The monoisotopic (exact) mass is 240 g/mol. The minimum absolute atomic E-state index is 0.0358. The van der Waals surface area contributed by atoms with E-state index in [4.69, 9.17) is 9.47 Å². The third-order valence-electron chi connectivity index (χ3n) is 3.58. The summed E-state index contributed by atoms with van der Waals surface area (Å²) in [4.78, 5) is 24.2. The number of ether oxygens (including phenoxy) is 2. The summed E-state index contributed by atoms with van der Waals surface area (Å²) < 4.78 is 10.6. The molecular weight excluding hydrogens is 220 g/mol. The van der Waals surface area contributed by atoms with Gasteiger partial charge in [0.25, 0.3) is 0 Å². The number of carbonyl (C=O) groups is 2. The largest absolute Gasteiger partial charge is 0.462 e. The first-order valence-corrected chi connectivity index (χ1v) is 6.54. The lowest BCUT2D eigenvalue weighted by Crippen LogP contribution is -2.41. The first kappa shape index (κ1) is 12.4. The lowest BCUT2D eigenvalue weighted by Gasteiger charge is -2.26. The molecule has 0 radical (unpaired) electrons. The van der Waals surface area contributed by atoms with Crippen LogP contribution in [-0.4, -0.2) is 24.1 Å². The number of hydrogen-bond donors (Lipinski definition) is 0. The van der Waals surface area contributed by atoms with Gasteiger partial charge in [-0.05, 0) is 38.5 Å². The lowest BCUT2D eigenvalue weighted by atomic mass is 9.82. The second kappa shape index (κ2) is 4.67. The molecule has 2 aliphatic rings. The van der Waals surface area contributed by atoms with Crippen molar-refractivity contribution in [1.29, 1.82) is 0 Å². The zero-order valence-corrected chi connectivity index (χ0v) is 10.5. The van der Waals surface area contributed by atoms with Crippen LogP contribution in [0.15, 0.2) is 0 Å². The van der Waals surface area contributed by atoms with Gasteiger partial charge in [-0.15, -0.1) is 0 Å². The fraction of sp³-hybridized carbons (Fsp3) is 0.846. The Morgan fingerprint density at radius 3 is 1.53 bits per heavy atom. The Hall–Kier alpha value is -1.06. The van der Waals surface area contributed by atoms with Crippen LogP contribution >= 0.6 is 0 Å². The molecule has 0 aromatic rings. The minimum atomic E-state index is -1.08. The number of rotatable bonds is 6. The van der Waals surface area contributed by atoms with E-state index < -0.39 is 17.4 Å². The molecule has 0 bridgehead atoms. The molecule has 0 amide bonds. The predicted octanol–water partition coefficient (Wildman–Crippen LogP) is 2.20. The summed E-state index contributed by atoms with van der Waals surface area (Å²) in [5.41, 5.74) is -1.08. The fourth-order valence-electron chi connectivity index (χ4n) is 1.81. The molecule has 0 spiro atoms. The molecule has 0 aliphatic heterocycles. The van der Waals surface area contributed by atoms with Gasteiger partial charge in [0.15, 0.2) is 5.41 Å². The van der Waals surface area contributed by atoms with E-state index in [1.165, 1.54) is 0 Å². The summed E-state index contributed by atoms with van der Waals surface area (Å²) in [5.74, 6) is -0.786. The molecule has 0 atom stereocenters. The average Bonchev–Trinajstić information content (AvgIpc) is 3.16. The van der Waals surface area contributed by atoms with Crippen LogP contribution in [0.3, 0.4) is 0 Å². The minimum Gasteiger partial charge on any atom is -0.462 e. The number of hydrogen-bond acceptors (Lipinski definition) is 4. The Labute approximate surface area is 102 Å². The Bertz CT molecular complexity index is 283. The van der Waals surface area contributed by atoms with E-state index in [1.807, 2.05) is 13.8 Å². The molecular formula is C13H20O4. The van der Waals surface area contributed by atoms with Crippen molar-refractivity contribution < 1.29 is 19.1 Å². The molecule has 96 valence electrons. The first-order chi connectivity index (χ1) is 8.12. The van der Waals surface area contributed by atoms with Gasteiger partial charge in [0.1, 0.15) is 12.2 Å². The zero-order chi connectivity index (χ0) is 12.5. The second-order valence-electron chi connectivity index (χ2n) is 5.00. The van der Waals surface area contributed by atoms with E-state index in [-0.39, 0.29) is 12.2 Å². The zero-order valence-electron chi connectivity index (χ0n) is 10.5. The third kappa shape index (κ3) is 2.61. The van der Waals surface area contributed by atoms with Crippen LogP contribution in [0.2, 0.25) is 0 Å². The van der Waals surface area contributed by atoms with Gasteiger partial charge in [-0.2, -0.15) is 0 Å². The van der Waals surface area contributed by atoms with E-state index in [0.717, 1.165) is 25.7 Å². The van der Waals surface area contributed by atoms with Crippen LogP contribution in [0, 0.1) is 5.41 Å². The Morgan fingerprint density at radius 2 is 1.29 bits per heavy atom. The number of carbonyl (C=O) groups excluding carboxylic acids is 2. The summed E-state index contributed by atoms with van der Waals surface area (Å²) in [6.45, 7) is 3.68. The standard InChI is InChI=1S/C13H20O4/c1-3-13(4-2,11(14)16-9-5-6-9)12(15)17-10-7-8-10/h9-10H,3-8H2,1-2H3. The number of esters is 2. The SMILES string of the molecule is CCC(CC)(C(=O)OC1CC1)C(=O)OC1CC1. The Balaban J connectivity index is 2.04. The highest BCUT2D eigenvalue weighted by Crippen LogP contribution is 2.36. The normalized spacial score (nSPS) is 19.9. The van der Waals surface area contributed by atoms with Crippen LogP contribution in [0.4, 0.5) is 0 Å². The summed E-state index contributed by atoms with van der Waals surface area (Å²) in [6.07, 6.45) is 4.66. The smallest absolute Gasteiger partial charge is 0.323 e. The molecule has 0 N–H and O–H groups in total. The van der Waals surface area contributed by atoms with Gasteiger partial charge in [-0.3, -0.25) is 9.59 Å². The molecule has 2 rings (SSSR count). The van der Waals surface area contributed by atoms with Gasteiger partial charge in [0, 0.05) is 0 Å². The molecule has 0 heterocycles. The maximum Gasteiger partial charge on any atom is 0.323 e. The summed E-state index contributed by atoms with van der Waals surface area (Å²) in [7, 11) is 0. The van der Waals surface area contributed by atoms with E-state index in [9.17, 15) is 9.59 Å². The maximum absolute atomic E-state index is 12.1. The van der Waals surface area contributed by atoms with Crippen molar-refractivity contribution in [2.75, 3.05) is 0 Å². The van der Waals surface area contributed by atoms with E-state index in [1.54, 1.807) is 0 Å². The van der Waals surface area contributed by atoms with Gasteiger partial charge in [0.2, 0.25) is 0 Å². The van der Waals surface area contributed by atoms with Crippen molar-refractivity contribution in [3.63, 3.8) is 0 Å². The highest BCUT2D eigenvalue weighted by molar-refractivity contribution is 6.00. The molecule has 0 aromatic heterocycles. The van der Waals surface area contributed by atoms with Crippen molar-refractivity contribution >= 4 is 11.9 Å². The van der Waals surface area contributed by atoms with Crippen LogP contribution < -0.4 is 0 Å². The van der Waals surface area contributed by atoms with E-state index in [2.05, 4.69) is 0 Å². The van der Waals surface area contributed by atoms with Crippen LogP contribution in [0.5, 0.6) is 0 Å². The van der Waals surface area contributed by atoms with E-state index in [0.29, 0.717) is 12.8 Å². The van der Waals surface area contributed by atoms with Crippen molar-refractivity contribution in [2.24, 2.45) is 5.41 Å². The maximum atomic E-state index is 12.1. The van der Waals surface area contributed by atoms with Gasteiger partial charge in [-0.1, -0.05) is 13.8 Å². The van der Waals surface area contributed by atoms with Crippen LogP contribution in [0.25, 0.3) is 0 Å². The molecule has 0 saturated heterocycles. The molecule has 4 nitrogen and oxygen atoms in total. The third-order valence-corrected chi connectivity index (χ3v) is 3.58. The molecule has 17 heavy (non-hydrogen) atoms. The summed E-state index contributed by atoms with van der Waals surface area (Å²) in [5, 5.41) is 0.